The molecule has 4 rings (SSSR count). The van der Waals surface area contributed by atoms with Crippen LogP contribution in [0.4, 0.5) is 10.9 Å². The molecule has 2 heterocycles. The summed E-state index contributed by atoms with van der Waals surface area (Å²) in [4.78, 5) is 16.4. The summed E-state index contributed by atoms with van der Waals surface area (Å²) in [7, 11) is 0. The van der Waals surface area contributed by atoms with Crippen molar-refractivity contribution in [3.63, 3.8) is 0 Å². The van der Waals surface area contributed by atoms with Crippen molar-refractivity contribution in [2.45, 2.75) is 12.3 Å². The number of nitrogens with one attached hydrogen (secondary N) is 2. The number of anilines is 2. The monoisotopic (exact) mass is 351 g/mol. The highest BCUT2D eigenvalue weighted by Crippen LogP contribution is 2.47. The number of hydrogen-bond acceptors (Lipinski definition) is 6. The second kappa shape index (κ2) is 6.98. The van der Waals surface area contributed by atoms with E-state index in [-0.39, 0.29) is 5.91 Å². The van der Waals surface area contributed by atoms with Crippen LogP contribution in [0, 0.1) is 5.92 Å². The third-order valence-electron chi connectivity index (χ3n) is 4.30. The van der Waals surface area contributed by atoms with Crippen LogP contribution in [0.3, 0.4) is 0 Å². The lowest BCUT2D eigenvalue weighted by Crippen LogP contribution is -2.13. The Morgan fingerprint density at radius 2 is 2.08 bits per heavy atom. The van der Waals surface area contributed by atoms with E-state index in [9.17, 15) is 4.79 Å². The van der Waals surface area contributed by atoms with E-state index in [1.165, 1.54) is 23.3 Å². The van der Waals surface area contributed by atoms with Crippen LogP contribution in [0.1, 0.15) is 28.3 Å². The molecule has 1 amide bonds. The van der Waals surface area contributed by atoms with Crippen LogP contribution in [0.5, 0.6) is 0 Å². The molecule has 25 heavy (non-hydrogen) atoms. The van der Waals surface area contributed by atoms with E-state index in [2.05, 4.69) is 50.1 Å². The van der Waals surface area contributed by atoms with Crippen LogP contribution >= 0.6 is 11.3 Å². The molecule has 2 atom stereocenters. The Balaban J connectivity index is 1.29. The largest absolute Gasteiger partial charge is 0.370 e. The van der Waals surface area contributed by atoms with Gasteiger partial charge in [0, 0.05) is 12.7 Å². The average Bonchev–Trinajstić information content (AvgIpc) is 3.27. The van der Waals surface area contributed by atoms with Gasteiger partial charge in [0.25, 0.3) is 5.91 Å². The lowest BCUT2D eigenvalue weighted by Gasteiger charge is -2.06. The van der Waals surface area contributed by atoms with E-state index < -0.39 is 0 Å². The molecule has 1 aliphatic rings. The fraction of sp³-hybridized carbons (Fsp3) is 0.222. The van der Waals surface area contributed by atoms with Crippen molar-refractivity contribution < 1.29 is 4.79 Å². The van der Waals surface area contributed by atoms with Gasteiger partial charge in [-0.25, -0.2) is 4.98 Å². The molecule has 0 saturated heterocycles. The number of pyridine rings is 1. The molecule has 1 aromatic carbocycles. The standard InChI is InChI=1S/C18H17N5OS/c24-17(22-18-23-21-11-25-18)13-6-7-16(19-9-13)20-10-14-8-15(14)12-4-2-1-3-5-12/h1-7,9,11,14-15H,8,10H2,(H,19,20)(H,22,23,24). The Morgan fingerprint density at radius 3 is 2.80 bits per heavy atom. The van der Waals surface area contributed by atoms with Gasteiger partial charge in [-0.1, -0.05) is 41.7 Å². The number of carbonyl (C=O) groups is 1. The molecular weight excluding hydrogens is 334 g/mol. The number of amides is 1. The first kappa shape index (κ1) is 15.7. The van der Waals surface area contributed by atoms with Crippen LogP contribution in [0.15, 0.2) is 54.2 Å². The number of benzene rings is 1. The van der Waals surface area contributed by atoms with E-state index >= 15 is 0 Å². The molecule has 7 heteroatoms. The smallest absolute Gasteiger partial charge is 0.259 e. The highest BCUT2D eigenvalue weighted by molar-refractivity contribution is 7.13. The van der Waals surface area contributed by atoms with Crippen molar-refractivity contribution in [3.8, 4) is 0 Å². The van der Waals surface area contributed by atoms with Crippen LogP contribution < -0.4 is 10.6 Å². The first-order chi connectivity index (χ1) is 12.3. The van der Waals surface area contributed by atoms with Gasteiger partial charge in [0.2, 0.25) is 5.13 Å². The van der Waals surface area contributed by atoms with Crippen molar-refractivity contribution >= 4 is 28.2 Å². The molecule has 126 valence electrons. The lowest BCUT2D eigenvalue weighted by atomic mass is 10.1. The zero-order valence-electron chi connectivity index (χ0n) is 13.4. The zero-order valence-corrected chi connectivity index (χ0v) is 14.2. The summed E-state index contributed by atoms with van der Waals surface area (Å²) in [5.74, 6) is 1.84. The Bertz CT molecular complexity index is 836. The zero-order chi connectivity index (χ0) is 17.1. The second-order valence-corrected chi connectivity index (χ2v) is 6.86. The summed E-state index contributed by atoms with van der Waals surface area (Å²) in [6, 6.07) is 14.2. The summed E-state index contributed by atoms with van der Waals surface area (Å²) >= 11 is 1.28. The van der Waals surface area contributed by atoms with E-state index in [1.807, 2.05) is 12.1 Å². The van der Waals surface area contributed by atoms with E-state index in [4.69, 9.17) is 0 Å². The van der Waals surface area contributed by atoms with Crippen LogP contribution in [-0.2, 0) is 0 Å². The van der Waals surface area contributed by atoms with Gasteiger partial charge in [-0.3, -0.25) is 10.1 Å². The molecule has 2 aromatic heterocycles. The molecule has 6 nitrogen and oxygen atoms in total. The number of rotatable bonds is 6. The normalized spacial score (nSPS) is 18.6. The van der Waals surface area contributed by atoms with Gasteiger partial charge in [-0.05, 0) is 36.0 Å². The van der Waals surface area contributed by atoms with Crippen LogP contribution in [0.2, 0.25) is 0 Å². The van der Waals surface area contributed by atoms with Crippen molar-refractivity contribution in [1.29, 1.82) is 0 Å². The molecule has 1 fully saturated rings. The lowest BCUT2D eigenvalue weighted by molar-refractivity contribution is 0.102. The number of carbonyl (C=O) groups excluding carboxylic acids is 1. The summed E-state index contributed by atoms with van der Waals surface area (Å²) in [6.45, 7) is 0.892. The highest BCUT2D eigenvalue weighted by Gasteiger charge is 2.37. The maximum atomic E-state index is 12.1. The first-order valence-electron chi connectivity index (χ1n) is 8.12. The van der Waals surface area contributed by atoms with E-state index in [1.54, 1.807) is 17.8 Å². The molecule has 2 N–H and O–H groups in total. The fourth-order valence-electron chi connectivity index (χ4n) is 2.85. The molecule has 1 saturated carbocycles. The quantitative estimate of drug-likeness (QED) is 0.711. The Labute approximate surface area is 149 Å². The van der Waals surface area contributed by atoms with Crippen molar-refractivity contribution in [3.05, 3.63) is 65.3 Å². The summed E-state index contributed by atoms with van der Waals surface area (Å²) in [5.41, 5.74) is 3.47. The van der Waals surface area contributed by atoms with Crippen molar-refractivity contribution in [1.82, 2.24) is 15.2 Å². The number of hydrogen-bond donors (Lipinski definition) is 2. The SMILES string of the molecule is O=C(Nc1nncs1)c1ccc(NCC2CC2c2ccccc2)nc1. The third-order valence-corrected chi connectivity index (χ3v) is 4.91. The minimum Gasteiger partial charge on any atom is -0.370 e. The highest BCUT2D eigenvalue weighted by atomic mass is 32.1. The van der Waals surface area contributed by atoms with Gasteiger partial charge in [0.15, 0.2) is 0 Å². The Kier molecular flexibility index (Phi) is 4.39. The summed E-state index contributed by atoms with van der Waals surface area (Å²) in [5, 5.41) is 14.0. The molecule has 3 aromatic rings. The second-order valence-electron chi connectivity index (χ2n) is 6.02. The Hall–Kier alpha value is -2.80. The van der Waals surface area contributed by atoms with Crippen molar-refractivity contribution in [2.24, 2.45) is 5.92 Å². The molecule has 0 bridgehead atoms. The minimum absolute atomic E-state index is 0.234. The molecule has 0 radical (unpaired) electrons. The summed E-state index contributed by atoms with van der Waals surface area (Å²) < 4.78 is 0. The Morgan fingerprint density at radius 1 is 1.20 bits per heavy atom. The maximum Gasteiger partial charge on any atom is 0.259 e. The third kappa shape index (κ3) is 3.83. The predicted molar refractivity (Wildman–Crippen MR) is 97.9 cm³/mol. The average molecular weight is 351 g/mol. The topological polar surface area (TPSA) is 79.8 Å². The van der Waals surface area contributed by atoms with Gasteiger partial charge >= 0.3 is 0 Å². The molecule has 1 aliphatic carbocycles. The van der Waals surface area contributed by atoms with Gasteiger partial charge in [0.05, 0.1) is 5.56 Å². The van der Waals surface area contributed by atoms with Crippen molar-refractivity contribution in [2.75, 3.05) is 17.2 Å². The van der Waals surface area contributed by atoms with E-state index in [0.29, 0.717) is 22.5 Å². The summed E-state index contributed by atoms with van der Waals surface area (Å²) in [6.07, 6.45) is 2.78. The number of aromatic nitrogens is 3. The van der Waals surface area contributed by atoms with Gasteiger partial charge in [-0.2, -0.15) is 0 Å². The fourth-order valence-corrected chi connectivity index (χ4v) is 3.29. The predicted octanol–water partition coefficient (Wildman–Crippen LogP) is 3.40. The van der Waals surface area contributed by atoms with E-state index in [0.717, 1.165) is 12.4 Å². The number of nitrogens with zero attached hydrogens (tertiary/aromatic N) is 3. The van der Waals surface area contributed by atoms with Gasteiger partial charge in [0.1, 0.15) is 11.3 Å². The molecule has 0 aliphatic heterocycles. The van der Waals surface area contributed by atoms with Gasteiger partial charge in [-0.15, -0.1) is 10.2 Å². The first-order valence-corrected chi connectivity index (χ1v) is 9.00. The minimum atomic E-state index is -0.234. The molecular formula is C18H17N5OS. The maximum absolute atomic E-state index is 12.1. The van der Waals surface area contributed by atoms with Crippen LogP contribution in [0.25, 0.3) is 0 Å². The van der Waals surface area contributed by atoms with Crippen LogP contribution in [-0.4, -0.2) is 27.6 Å². The molecule has 2 unspecified atom stereocenters. The molecule has 0 spiro atoms. The van der Waals surface area contributed by atoms with Gasteiger partial charge < -0.3 is 5.32 Å².